The van der Waals surface area contributed by atoms with E-state index in [-0.39, 0.29) is 12.0 Å². The summed E-state index contributed by atoms with van der Waals surface area (Å²) in [4.78, 5) is 36.1. The van der Waals surface area contributed by atoms with Gasteiger partial charge in [0.05, 0.1) is 17.3 Å². The second-order valence-electron chi connectivity index (χ2n) is 8.84. The highest BCUT2D eigenvalue weighted by atomic mass is 19.1. The van der Waals surface area contributed by atoms with Gasteiger partial charge in [-0.1, -0.05) is 0 Å². The van der Waals surface area contributed by atoms with Gasteiger partial charge >= 0.3 is 6.09 Å². The number of carbonyl (C=O) groups excluding carboxylic acids is 1. The molecular weight excluding hydrogens is 469 g/mol. The molecule has 1 aromatic carbocycles. The molecule has 1 aliphatic rings. The highest BCUT2D eigenvalue weighted by Gasteiger charge is 2.21. The molecule has 36 heavy (non-hydrogen) atoms. The fourth-order valence-electron chi connectivity index (χ4n) is 4.14. The summed E-state index contributed by atoms with van der Waals surface area (Å²) >= 11 is 0. The molecular formula is C24H30FN7O4. The molecule has 0 bridgehead atoms. The average molecular weight is 500 g/mol. The lowest BCUT2D eigenvalue weighted by Crippen LogP contribution is -2.49. The molecule has 1 saturated heterocycles. The molecule has 2 aromatic heterocycles. The number of nitrogens with zero attached hydrogens (tertiary/aromatic N) is 5. The van der Waals surface area contributed by atoms with Crippen LogP contribution in [0, 0.1) is 5.82 Å². The summed E-state index contributed by atoms with van der Waals surface area (Å²) in [5.74, 6) is 0.146. The Kier molecular flexibility index (Phi) is 7.53. The van der Waals surface area contributed by atoms with Crippen LogP contribution in [0.2, 0.25) is 0 Å². The fourth-order valence-corrected chi connectivity index (χ4v) is 4.14. The summed E-state index contributed by atoms with van der Waals surface area (Å²) in [5.41, 5.74) is 2.16. The van der Waals surface area contributed by atoms with Crippen LogP contribution in [0.3, 0.4) is 0 Å². The first-order chi connectivity index (χ1) is 17.2. The zero-order valence-corrected chi connectivity index (χ0v) is 20.5. The first-order valence-electron chi connectivity index (χ1n) is 11.7. The molecule has 3 heterocycles. The van der Waals surface area contributed by atoms with Crippen molar-refractivity contribution in [3.8, 4) is 5.75 Å². The van der Waals surface area contributed by atoms with Crippen LogP contribution in [0.1, 0.15) is 24.3 Å². The van der Waals surface area contributed by atoms with E-state index in [4.69, 9.17) is 9.84 Å². The van der Waals surface area contributed by atoms with Gasteiger partial charge in [0, 0.05) is 52.4 Å². The molecule has 12 heteroatoms. The van der Waals surface area contributed by atoms with Crippen molar-refractivity contribution in [3.63, 3.8) is 0 Å². The molecule has 0 spiro atoms. The van der Waals surface area contributed by atoms with Crippen molar-refractivity contribution in [2.45, 2.75) is 20.0 Å². The molecule has 3 N–H and O–H groups in total. The van der Waals surface area contributed by atoms with Gasteiger partial charge in [-0.3, -0.25) is 9.69 Å². The van der Waals surface area contributed by atoms with E-state index in [9.17, 15) is 14.0 Å². The maximum Gasteiger partial charge on any atom is 0.407 e. The van der Waals surface area contributed by atoms with Gasteiger partial charge < -0.3 is 29.9 Å². The van der Waals surface area contributed by atoms with Crippen molar-refractivity contribution in [2.75, 3.05) is 44.6 Å². The SMILES string of the molecule is CC(C)Oc1cc(F)ccc1Nc1ncnc2cc(C(=O)NCCN3CCN(C(=O)O)CC3)n(C)c12. The number of fused-ring (bicyclic) bond motifs is 1. The summed E-state index contributed by atoms with van der Waals surface area (Å²) in [6.07, 6.45) is 0.346. The molecule has 0 atom stereocenters. The number of aromatic nitrogens is 3. The average Bonchev–Trinajstić information content (AvgIpc) is 3.18. The minimum Gasteiger partial charge on any atom is -0.489 e. The third-order valence-corrected chi connectivity index (χ3v) is 5.97. The number of carbonyl (C=O) groups is 2. The van der Waals surface area contributed by atoms with Gasteiger partial charge in [0.2, 0.25) is 0 Å². The minimum absolute atomic E-state index is 0.149. The van der Waals surface area contributed by atoms with E-state index in [0.29, 0.717) is 73.3 Å². The summed E-state index contributed by atoms with van der Waals surface area (Å²) in [6.45, 7) is 6.94. The van der Waals surface area contributed by atoms with Crippen LogP contribution in [0.4, 0.5) is 20.7 Å². The number of hydrogen-bond acceptors (Lipinski definition) is 7. The molecule has 0 radical (unpaired) electrons. The summed E-state index contributed by atoms with van der Waals surface area (Å²) < 4.78 is 21.3. The smallest absolute Gasteiger partial charge is 0.407 e. The van der Waals surface area contributed by atoms with Crippen LogP contribution in [0.15, 0.2) is 30.6 Å². The van der Waals surface area contributed by atoms with Gasteiger partial charge in [0.25, 0.3) is 5.91 Å². The van der Waals surface area contributed by atoms with E-state index in [2.05, 4.69) is 25.5 Å². The van der Waals surface area contributed by atoms with Crippen molar-refractivity contribution >= 4 is 34.5 Å². The lowest BCUT2D eigenvalue weighted by molar-refractivity contribution is 0.0923. The monoisotopic (exact) mass is 499 g/mol. The Hall–Kier alpha value is -3.93. The first kappa shape index (κ1) is 25.2. The predicted molar refractivity (Wildman–Crippen MR) is 132 cm³/mol. The molecule has 1 fully saturated rings. The van der Waals surface area contributed by atoms with Gasteiger partial charge in [0.15, 0.2) is 5.82 Å². The number of benzene rings is 1. The maximum atomic E-state index is 13.8. The Bertz CT molecular complexity index is 1250. The number of halogens is 1. The Balaban J connectivity index is 1.46. The van der Waals surface area contributed by atoms with Crippen molar-refractivity contribution < 1.29 is 23.8 Å². The van der Waals surface area contributed by atoms with Crippen LogP contribution < -0.4 is 15.4 Å². The van der Waals surface area contributed by atoms with Gasteiger partial charge in [-0.2, -0.15) is 0 Å². The molecule has 0 aliphatic carbocycles. The second-order valence-corrected chi connectivity index (χ2v) is 8.84. The molecule has 4 rings (SSSR count). The van der Waals surface area contributed by atoms with Crippen LogP contribution >= 0.6 is 0 Å². The summed E-state index contributed by atoms with van der Waals surface area (Å²) in [6, 6.07) is 5.92. The highest BCUT2D eigenvalue weighted by Crippen LogP contribution is 2.32. The third-order valence-electron chi connectivity index (χ3n) is 5.97. The lowest BCUT2D eigenvalue weighted by Gasteiger charge is -2.32. The molecule has 0 unspecified atom stereocenters. The van der Waals surface area contributed by atoms with Crippen molar-refractivity contribution in [1.82, 2.24) is 29.7 Å². The number of carboxylic acid groups (broad SMARTS) is 1. The first-order valence-corrected chi connectivity index (χ1v) is 11.7. The number of ether oxygens (including phenoxy) is 1. The van der Waals surface area contributed by atoms with Gasteiger partial charge in [0.1, 0.15) is 29.1 Å². The predicted octanol–water partition coefficient (Wildman–Crippen LogP) is 2.66. The third kappa shape index (κ3) is 5.65. The normalized spacial score (nSPS) is 14.3. The fraction of sp³-hybridized carbons (Fsp3) is 0.417. The number of hydrogen-bond donors (Lipinski definition) is 3. The van der Waals surface area contributed by atoms with Crippen LogP contribution in [0.25, 0.3) is 11.0 Å². The Morgan fingerprint density at radius 3 is 2.61 bits per heavy atom. The number of nitrogens with one attached hydrogen (secondary N) is 2. The van der Waals surface area contributed by atoms with E-state index in [0.717, 1.165) is 0 Å². The van der Waals surface area contributed by atoms with E-state index < -0.39 is 11.9 Å². The number of anilines is 2. The van der Waals surface area contributed by atoms with E-state index >= 15 is 0 Å². The van der Waals surface area contributed by atoms with Crippen LogP contribution in [-0.4, -0.2) is 86.8 Å². The Morgan fingerprint density at radius 2 is 1.92 bits per heavy atom. The minimum atomic E-state index is -0.904. The number of piperazine rings is 1. The van der Waals surface area contributed by atoms with Gasteiger partial charge in [-0.25, -0.2) is 19.2 Å². The van der Waals surface area contributed by atoms with Gasteiger partial charge in [-0.05, 0) is 32.0 Å². The van der Waals surface area contributed by atoms with Crippen molar-refractivity contribution in [2.24, 2.45) is 7.05 Å². The topological polar surface area (TPSA) is 125 Å². The van der Waals surface area contributed by atoms with Gasteiger partial charge in [-0.15, -0.1) is 0 Å². The summed E-state index contributed by atoms with van der Waals surface area (Å²) in [5, 5.41) is 15.2. The molecule has 1 aliphatic heterocycles. The second kappa shape index (κ2) is 10.8. The van der Waals surface area contributed by atoms with E-state index in [1.165, 1.54) is 23.4 Å². The van der Waals surface area contributed by atoms with Crippen LogP contribution in [0.5, 0.6) is 5.75 Å². The molecule has 192 valence electrons. The highest BCUT2D eigenvalue weighted by molar-refractivity contribution is 6.00. The number of aryl methyl sites for hydroxylation is 1. The van der Waals surface area contributed by atoms with Crippen LogP contribution in [-0.2, 0) is 7.05 Å². The Labute approximate surface area is 207 Å². The van der Waals surface area contributed by atoms with Crippen molar-refractivity contribution in [1.29, 1.82) is 0 Å². The van der Waals surface area contributed by atoms with E-state index in [1.807, 2.05) is 13.8 Å². The standard InChI is InChI=1S/C24H30FN7O4/c1-15(2)36-20-12-16(25)4-5-17(20)29-22-21-18(27-14-28-22)13-19(30(21)3)23(33)26-6-7-31-8-10-32(11-9-31)24(34)35/h4-5,12-15H,6-11H2,1-3H3,(H,26,33)(H,34,35)(H,27,28,29). The quantitative estimate of drug-likeness (QED) is 0.432. The summed E-state index contributed by atoms with van der Waals surface area (Å²) in [7, 11) is 1.76. The molecule has 2 amide bonds. The zero-order chi connectivity index (χ0) is 25.8. The number of rotatable bonds is 8. The largest absolute Gasteiger partial charge is 0.489 e. The molecule has 3 aromatic rings. The van der Waals surface area contributed by atoms with Crippen molar-refractivity contribution in [3.05, 3.63) is 42.1 Å². The van der Waals surface area contributed by atoms with E-state index in [1.54, 1.807) is 23.7 Å². The zero-order valence-electron chi connectivity index (χ0n) is 20.5. The number of amides is 2. The Morgan fingerprint density at radius 1 is 1.17 bits per heavy atom. The molecule has 11 nitrogen and oxygen atoms in total. The maximum absolute atomic E-state index is 13.8. The molecule has 0 saturated carbocycles. The lowest BCUT2D eigenvalue weighted by atomic mass is 10.2.